The largest absolute Gasteiger partial charge is 0.368 e. The Balaban J connectivity index is 1.90. The molecule has 0 amide bonds. The Kier molecular flexibility index (Phi) is 4.59. The van der Waals surface area contributed by atoms with Gasteiger partial charge in [0.1, 0.15) is 0 Å². The molecule has 6 nitrogen and oxygen atoms in total. The number of halogens is 2. The summed E-state index contributed by atoms with van der Waals surface area (Å²) in [5.41, 5.74) is 6.62. The molecule has 0 radical (unpaired) electrons. The normalized spacial score (nSPS) is 12.2. The van der Waals surface area contributed by atoms with E-state index < -0.39 is 0 Å². The Morgan fingerprint density at radius 2 is 2.00 bits per heavy atom. The number of benzene rings is 2. The second kappa shape index (κ2) is 6.82. The van der Waals surface area contributed by atoms with Crippen molar-refractivity contribution in [3.63, 3.8) is 0 Å². The lowest BCUT2D eigenvalue weighted by Crippen LogP contribution is -2.11. The molecular weight excluding hydrogens is 349 g/mol. The van der Waals surface area contributed by atoms with Crippen LogP contribution < -0.4 is 11.3 Å². The molecule has 8 heteroatoms. The summed E-state index contributed by atoms with van der Waals surface area (Å²) in [4.78, 5) is 26.7. The molecule has 0 saturated carbocycles. The number of rotatable bonds is 2. The van der Waals surface area contributed by atoms with Crippen LogP contribution >= 0.6 is 23.2 Å². The summed E-state index contributed by atoms with van der Waals surface area (Å²) in [7, 11) is 0. The lowest BCUT2D eigenvalue weighted by molar-refractivity contribution is 1.13. The van der Waals surface area contributed by atoms with Crippen LogP contribution in [0.4, 0.5) is 5.95 Å². The molecule has 3 aromatic rings. The van der Waals surface area contributed by atoms with Crippen LogP contribution in [0.2, 0.25) is 10.0 Å². The van der Waals surface area contributed by atoms with E-state index >= 15 is 0 Å². The SMILES string of the molecule is NC(N=Cc1ccc(Cl)cc1Cl)=Nc1nc2ccccc2c(=O)[nH]1. The predicted octanol–water partition coefficient (Wildman–Crippen LogP) is 3.30. The number of aliphatic imine (C=N–C) groups is 2. The smallest absolute Gasteiger partial charge is 0.260 e. The highest BCUT2D eigenvalue weighted by atomic mass is 35.5. The van der Waals surface area contributed by atoms with Crippen LogP contribution in [0.5, 0.6) is 0 Å². The zero-order chi connectivity index (χ0) is 17.1. The zero-order valence-corrected chi connectivity index (χ0v) is 13.7. The molecule has 0 aliphatic rings. The minimum atomic E-state index is -0.295. The molecule has 24 heavy (non-hydrogen) atoms. The zero-order valence-electron chi connectivity index (χ0n) is 12.2. The highest BCUT2D eigenvalue weighted by molar-refractivity contribution is 6.36. The lowest BCUT2D eigenvalue weighted by Gasteiger charge is -1.99. The second-order valence-electron chi connectivity index (χ2n) is 4.80. The molecule has 0 unspecified atom stereocenters. The highest BCUT2D eigenvalue weighted by Crippen LogP contribution is 2.19. The van der Waals surface area contributed by atoms with Gasteiger partial charge in [0.15, 0.2) is 0 Å². The van der Waals surface area contributed by atoms with Gasteiger partial charge in [-0.1, -0.05) is 41.4 Å². The van der Waals surface area contributed by atoms with Crippen molar-refractivity contribution in [1.82, 2.24) is 9.97 Å². The highest BCUT2D eigenvalue weighted by Gasteiger charge is 2.03. The second-order valence-corrected chi connectivity index (χ2v) is 5.64. The van der Waals surface area contributed by atoms with E-state index in [1.54, 1.807) is 42.5 Å². The van der Waals surface area contributed by atoms with Crippen LogP contribution in [0.3, 0.4) is 0 Å². The van der Waals surface area contributed by atoms with Crippen LogP contribution in [0.15, 0.2) is 57.2 Å². The minimum absolute atomic E-state index is 0.0700. The molecule has 0 aliphatic carbocycles. The van der Waals surface area contributed by atoms with Gasteiger partial charge in [-0.2, -0.15) is 4.99 Å². The summed E-state index contributed by atoms with van der Waals surface area (Å²) in [6, 6.07) is 11.9. The van der Waals surface area contributed by atoms with E-state index in [9.17, 15) is 4.79 Å². The molecule has 1 aromatic heterocycles. The molecule has 0 aliphatic heterocycles. The Labute approximate surface area is 146 Å². The fraction of sp³-hybridized carbons (Fsp3) is 0. The van der Waals surface area contributed by atoms with Gasteiger partial charge in [0.25, 0.3) is 5.56 Å². The number of aromatic amines is 1. The van der Waals surface area contributed by atoms with Crippen LogP contribution in [-0.4, -0.2) is 22.1 Å². The third kappa shape index (κ3) is 3.61. The van der Waals surface area contributed by atoms with Crippen LogP contribution in [0.25, 0.3) is 10.9 Å². The van der Waals surface area contributed by atoms with E-state index in [0.29, 0.717) is 26.5 Å². The van der Waals surface area contributed by atoms with Gasteiger partial charge in [0.2, 0.25) is 11.9 Å². The van der Waals surface area contributed by atoms with Crippen molar-refractivity contribution < 1.29 is 0 Å². The standard InChI is InChI=1S/C16H11Cl2N5O/c17-10-6-5-9(12(18)7-10)8-20-15(19)23-16-21-13-4-2-1-3-11(13)14(24)22-16/h1-8H,(H3,19,21,22,23,24). The first-order valence-corrected chi connectivity index (χ1v) is 7.61. The van der Waals surface area contributed by atoms with Crippen molar-refractivity contribution in [2.24, 2.45) is 15.7 Å². The first kappa shape index (κ1) is 16.2. The van der Waals surface area contributed by atoms with Crippen molar-refractivity contribution in [2.75, 3.05) is 0 Å². The number of guanidine groups is 1. The maximum Gasteiger partial charge on any atom is 0.260 e. The number of nitrogens with zero attached hydrogens (tertiary/aromatic N) is 3. The average Bonchev–Trinajstić information content (AvgIpc) is 2.54. The molecule has 3 rings (SSSR count). The maximum absolute atomic E-state index is 12.0. The summed E-state index contributed by atoms with van der Waals surface area (Å²) in [6.07, 6.45) is 1.46. The summed E-state index contributed by atoms with van der Waals surface area (Å²) in [5, 5.41) is 1.44. The summed E-state index contributed by atoms with van der Waals surface area (Å²) in [5.74, 6) is 0.00926. The van der Waals surface area contributed by atoms with Gasteiger partial charge < -0.3 is 5.73 Å². The van der Waals surface area contributed by atoms with E-state index in [1.165, 1.54) is 6.21 Å². The Bertz CT molecular complexity index is 1030. The summed E-state index contributed by atoms with van der Waals surface area (Å²) >= 11 is 11.9. The van der Waals surface area contributed by atoms with Crippen molar-refractivity contribution >= 4 is 52.2 Å². The number of fused-ring (bicyclic) bond motifs is 1. The van der Waals surface area contributed by atoms with Crippen molar-refractivity contribution in [3.05, 3.63) is 68.4 Å². The molecule has 0 atom stereocenters. The monoisotopic (exact) mass is 359 g/mol. The third-order valence-electron chi connectivity index (χ3n) is 3.12. The van der Waals surface area contributed by atoms with Crippen LogP contribution in [0, 0.1) is 0 Å². The molecule has 0 fully saturated rings. The van der Waals surface area contributed by atoms with Gasteiger partial charge in [0.05, 0.1) is 15.9 Å². The number of hydrogen-bond donors (Lipinski definition) is 2. The summed E-state index contributed by atoms with van der Waals surface area (Å²) in [6.45, 7) is 0. The third-order valence-corrected chi connectivity index (χ3v) is 3.68. The van der Waals surface area contributed by atoms with Crippen LogP contribution in [-0.2, 0) is 0 Å². The molecule has 1 heterocycles. The van der Waals surface area contributed by atoms with Gasteiger partial charge in [-0.3, -0.25) is 9.78 Å². The first-order valence-electron chi connectivity index (χ1n) is 6.85. The van der Waals surface area contributed by atoms with Gasteiger partial charge >= 0.3 is 0 Å². The average molecular weight is 360 g/mol. The van der Waals surface area contributed by atoms with E-state index in [0.717, 1.165) is 0 Å². The molecule has 2 aromatic carbocycles. The van der Waals surface area contributed by atoms with Gasteiger partial charge in [0, 0.05) is 16.8 Å². The van der Waals surface area contributed by atoms with Gasteiger partial charge in [-0.25, -0.2) is 9.98 Å². The Morgan fingerprint density at radius 3 is 2.79 bits per heavy atom. The van der Waals surface area contributed by atoms with E-state index in [4.69, 9.17) is 28.9 Å². The number of H-pyrrole nitrogens is 1. The number of para-hydroxylation sites is 1. The fourth-order valence-electron chi connectivity index (χ4n) is 2.01. The minimum Gasteiger partial charge on any atom is -0.368 e. The Morgan fingerprint density at radius 1 is 1.21 bits per heavy atom. The Hall–Kier alpha value is -2.70. The van der Waals surface area contributed by atoms with Gasteiger partial charge in [-0.05, 0) is 24.3 Å². The molecule has 0 bridgehead atoms. The fourth-order valence-corrected chi connectivity index (χ4v) is 2.46. The molecule has 0 saturated heterocycles. The van der Waals surface area contributed by atoms with Crippen molar-refractivity contribution in [3.8, 4) is 0 Å². The van der Waals surface area contributed by atoms with E-state index in [2.05, 4.69) is 20.0 Å². The molecule has 0 spiro atoms. The number of nitrogens with two attached hydrogens (primary N) is 1. The van der Waals surface area contributed by atoms with Crippen molar-refractivity contribution in [1.29, 1.82) is 0 Å². The van der Waals surface area contributed by atoms with E-state index in [-0.39, 0.29) is 17.5 Å². The first-order chi connectivity index (χ1) is 11.5. The van der Waals surface area contributed by atoms with Crippen LogP contribution in [0.1, 0.15) is 5.56 Å². The quantitative estimate of drug-likeness (QED) is 0.542. The molecular formula is C16H11Cl2N5O. The number of aromatic nitrogens is 2. The summed E-state index contributed by atoms with van der Waals surface area (Å²) < 4.78 is 0. The topological polar surface area (TPSA) is 96.5 Å². The lowest BCUT2D eigenvalue weighted by atomic mass is 10.2. The molecule has 3 N–H and O–H groups in total. The van der Waals surface area contributed by atoms with Crippen molar-refractivity contribution in [2.45, 2.75) is 0 Å². The predicted molar refractivity (Wildman–Crippen MR) is 97.7 cm³/mol. The number of nitrogens with one attached hydrogen (secondary N) is 1. The molecule has 120 valence electrons. The van der Waals surface area contributed by atoms with Gasteiger partial charge in [-0.15, -0.1) is 0 Å². The number of hydrogen-bond acceptors (Lipinski definition) is 3. The maximum atomic E-state index is 12.0. The van der Waals surface area contributed by atoms with E-state index in [1.807, 2.05) is 0 Å².